The van der Waals surface area contributed by atoms with E-state index in [9.17, 15) is 9.59 Å². The average Bonchev–Trinajstić information content (AvgIpc) is 3.25. The number of ether oxygens (including phenoxy) is 1. The van der Waals surface area contributed by atoms with Crippen molar-refractivity contribution in [3.8, 4) is 0 Å². The Morgan fingerprint density at radius 2 is 2.10 bits per heavy atom. The molecule has 21 heavy (non-hydrogen) atoms. The molecule has 1 saturated carbocycles. The third-order valence-electron chi connectivity index (χ3n) is 3.25. The lowest BCUT2D eigenvalue weighted by molar-refractivity contribution is 0.0951. The fraction of sp³-hybridized carbons (Fsp3) is 0.467. The van der Waals surface area contributed by atoms with Crippen LogP contribution in [0.5, 0.6) is 0 Å². The van der Waals surface area contributed by atoms with Crippen molar-refractivity contribution in [2.45, 2.75) is 25.8 Å². The summed E-state index contributed by atoms with van der Waals surface area (Å²) in [4.78, 5) is 23.7. The number of amides is 3. The maximum absolute atomic E-state index is 12.0. The predicted octanol–water partition coefficient (Wildman–Crippen LogP) is 1.66. The molecule has 6 heteroatoms. The van der Waals surface area contributed by atoms with Crippen LogP contribution in [-0.2, 0) is 4.74 Å². The Balaban J connectivity index is 1.97. The molecule has 1 aliphatic rings. The number of hydrogen-bond donors (Lipinski definition) is 3. The van der Waals surface area contributed by atoms with Crippen LogP contribution in [0.4, 0.5) is 10.5 Å². The summed E-state index contributed by atoms with van der Waals surface area (Å²) < 4.78 is 4.86. The van der Waals surface area contributed by atoms with E-state index in [1.54, 1.807) is 19.2 Å². The number of carbonyl (C=O) groups is 2. The van der Waals surface area contributed by atoms with Crippen molar-refractivity contribution in [1.82, 2.24) is 10.6 Å². The molecule has 3 amide bonds. The van der Waals surface area contributed by atoms with Crippen molar-refractivity contribution in [3.05, 3.63) is 29.3 Å². The lowest BCUT2D eigenvalue weighted by Gasteiger charge is -2.11. The van der Waals surface area contributed by atoms with Crippen LogP contribution in [0.25, 0.3) is 0 Å². The van der Waals surface area contributed by atoms with Gasteiger partial charge < -0.3 is 20.7 Å². The number of anilines is 1. The molecule has 1 aromatic carbocycles. The molecule has 0 spiro atoms. The molecule has 2 rings (SSSR count). The zero-order valence-corrected chi connectivity index (χ0v) is 12.4. The largest absolute Gasteiger partial charge is 0.383 e. The highest BCUT2D eigenvalue weighted by Crippen LogP contribution is 2.21. The molecule has 3 N–H and O–H groups in total. The van der Waals surface area contributed by atoms with Crippen molar-refractivity contribution in [3.63, 3.8) is 0 Å². The van der Waals surface area contributed by atoms with Crippen molar-refractivity contribution >= 4 is 17.6 Å². The van der Waals surface area contributed by atoms with Crippen molar-refractivity contribution in [2.75, 3.05) is 25.6 Å². The van der Waals surface area contributed by atoms with Crippen molar-refractivity contribution in [2.24, 2.45) is 0 Å². The van der Waals surface area contributed by atoms with Crippen LogP contribution in [0.3, 0.4) is 0 Å². The van der Waals surface area contributed by atoms with Gasteiger partial charge in [0.25, 0.3) is 5.91 Å². The van der Waals surface area contributed by atoms with E-state index in [2.05, 4.69) is 16.0 Å². The van der Waals surface area contributed by atoms with Gasteiger partial charge >= 0.3 is 6.03 Å². The molecular formula is C15H21N3O3. The van der Waals surface area contributed by atoms with Crippen molar-refractivity contribution in [1.29, 1.82) is 0 Å². The van der Waals surface area contributed by atoms with E-state index in [4.69, 9.17) is 4.74 Å². The summed E-state index contributed by atoms with van der Waals surface area (Å²) in [6.07, 6.45) is 2.09. The monoisotopic (exact) mass is 291 g/mol. The van der Waals surface area contributed by atoms with Crippen LogP contribution in [0.15, 0.2) is 18.2 Å². The average molecular weight is 291 g/mol. The first kappa shape index (κ1) is 15.3. The van der Waals surface area contributed by atoms with Gasteiger partial charge in [0.1, 0.15) is 0 Å². The van der Waals surface area contributed by atoms with E-state index in [0.717, 1.165) is 18.4 Å². The standard InChI is InChI=1S/C15H21N3O3/c1-10-3-4-11(14(19)17-12-5-6-12)9-13(10)18-15(20)16-7-8-21-2/h3-4,9,12H,5-8H2,1-2H3,(H,17,19)(H2,16,18,20). The first-order valence-electron chi connectivity index (χ1n) is 7.05. The van der Waals surface area contributed by atoms with E-state index < -0.39 is 0 Å². The van der Waals surface area contributed by atoms with Gasteiger partial charge in [0.2, 0.25) is 0 Å². The summed E-state index contributed by atoms with van der Waals surface area (Å²) in [5, 5.41) is 8.35. The number of rotatable bonds is 6. The Kier molecular flexibility index (Phi) is 5.16. The highest BCUT2D eigenvalue weighted by molar-refractivity contribution is 5.97. The second kappa shape index (κ2) is 7.08. The third kappa shape index (κ3) is 4.75. The molecule has 0 atom stereocenters. The topological polar surface area (TPSA) is 79.5 Å². The van der Waals surface area contributed by atoms with Gasteiger partial charge in [0.05, 0.1) is 6.61 Å². The van der Waals surface area contributed by atoms with E-state index in [-0.39, 0.29) is 11.9 Å². The molecule has 0 aliphatic heterocycles. The second-order valence-electron chi connectivity index (χ2n) is 5.15. The van der Waals surface area contributed by atoms with Gasteiger partial charge in [-0.15, -0.1) is 0 Å². The number of urea groups is 1. The number of aryl methyl sites for hydroxylation is 1. The van der Waals surface area contributed by atoms with Gasteiger partial charge in [-0.1, -0.05) is 6.07 Å². The molecule has 1 aromatic rings. The maximum Gasteiger partial charge on any atom is 0.319 e. The molecular weight excluding hydrogens is 270 g/mol. The fourth-order valence-corrected chi connectivity index (χ4v) is 1.83. The normalized spacial score (nSPS) is 13.6. The van der Waals surface area contributed by atoms with E-state index >= 15 is 0 Å². The first-order chi connectivity index (χ1) is 10.1. The second-order valence-corrected chi connectivity index (χ2v) is 5.15. The number of methoxy groups -OCH3 is 1. The summed E-state index contributed by atoms with van der Waals surface area (Å²) in [7, 11) is 1.58. The van der Waals surface area contributed by atoms with Crippen LogP contribution in [0, 0.1) is 6.92 Å². The van der Waals surface area contributed by atoms with Crippen LogP contribution in [0.2, 0.25) is 0 Å². The van der Waals surface area contributed by atoms with E-state index in [0.29, 0.717) is 30.4 Å². The Hall–Kier alpha value is -2.08. The first-order valence-corrected chi connectivity index (χ1v) is 7.05. The number of carbonyl (C=O) groups excluding carboxylic acids is 2. The molecule has 0 unspecified atom stereocenters. The molecule has 0 heterocycles. The summed E-state index contributed by atoms with van der Waals surface area (Å²) >= 11 is 0. The van der Waals surface area contributed by atoms with Gasteiger partial charge in [0, 0.05) is 30.9 Å². The zero-order chi connectivity index (χ0) is 15.2. The van der Waals surface area contributed by atoms with Crippen LogP contribution in [-0.4, -0.2) is 38.2 Å². The van der Waals surface area contributed by atoms with Gasteiger partial charge in [-0.3, -0.25) is 4.79 Å². The summed E-state index contributed by atoms with van der Waals surface area (Å²) in [5.74, 6) is -0.0969. The molecule has 6 nitrogen and oxygen atoms in total. The lowest BCUT2D eigenvalue weighted by Crippen LogP contribution is -2.31. The Morgan fingerprint density at radius 3 is 2.76 bits per heavy atom. The van der Waals surface area contributed by atoms with Gasteiger partial charge in [0.15, 0.2) is 0 Å². The summed E-state index contributed by atoms with van der Waals surface area (Å²) in [6, 6.07) is 5.29. The Bertz CT molecular complexity index is 527. The quantitative estimate of drug-likeness (QED) is 0.697. The molecule has 1 fully saturated rings. The lowest BCUT2D eigenvalue weighted by atomic mass is 10.1. The minimum Gasteiger partial charge on any atom is -0.383 e. The Labute approximate surface area is 124 Å². The molecule has 114 valence electrons. The van der Waals surface area contributed by atoms with E-state index in [1.165, 1.54) is 0 Å². The van der Waals surface area contributed by atoms with Gasteiger partial charge in [-0.05, 0) is 37.5 Å². The number of benzene rings is 1. The van der Waals surface area contributed by atoms with Gasteiger partial charge in [-0.25, -0.2) is 4.79 Å². The van der Waals surface area contributed by atoms with Gasteiger partial charge in [-0.2, -0.15) is 0 Å². The minimum atomic E-state index is -0.310. The molecule has 0 radical (unpaired) electrons. The minimum absolute atomic E-state index is 0.0969. The Morgan fingerprint density at radius 1 is 1.33 bits per heavy atom. The fourth-order valence-electron chi connectivity index (χ4n) is 1.83. The van der Waals surface area contributed by atoms with Crippen molar-refractivity contribution < 1.29 is 14.3 Å². The van der Waals surface area contributed by atoms with Crippen LogP contribution >= 0.6 is 0 Å². The maximum atomic E-state index is 12.0. The highest BCUT2D eigenvalue weighted by atomic mass is 16.5. The molecule has 0 saturated heterocycles. The zero-order valence-electron chi connectivity index (χ0n) is 12.4. The molecule has 1 aliphatic carbocycles. The smallest absolute Gasteiger partial charge is 0.319 e. The summed E-state index contributed by atoms with van der Waals surface area (Å²) in [5.41, 5.74) is 2.09. The SMILES string of the molecule is COCCNC(=O)Nc1cc(C(=O)NC2CC2)ccc1C. The third-order valence-corrected chi connectivity index (χ3v) is 3.25. The number of nitrogens with one attached hydrogen (secondary N) is 3. The summed E-state index contributed by atoms with van der Waals surface area (Å²) in [6.45, 7) is 2.77. The van der Waals surface area contributed by atoms with Crippen LogP contribution < -0.4 is 16.0 Å². The predicted molar refractivity (Wildman–Crippen MR) is 80.6 cm³/mol. The van der Waals surface area contributed by atoms with Crippen LogP contribution in [0.1, 0.15) is 28.8 Å². The van der Waals surface area contributed by atoms with E-state index in [1.807, 2.05) is 13.0 Å². The molecule has 0 bridgehead atoms. The highest BCUT2D eigenvalue weighted by Gasteiger charge is 2.24. The number of hydrogen-bond acceptors (Lipinski definition) is 3. The molecule has 0 aromatic heterocycles.